The van der Waals surface area contributed by atoms with E-state index < -0.39 is 0 Å². The van der Waals surface area contributed by atoms with E-state index in [1.54, 1.807) is 24.3 Å². The molecule has 0 radical (unpaired) electrons. The molecule has 0 aliphatic carbocycles. The summed E-state index contributed by atoms with van der Waals surface area (Å²) in [7, 11) is 0. The SMILES string of the molecule is CCCC(=O)OCCCOc1ccccc1O. The van der Waals surface area contributed by atoms with Crippen LogP contribution in [0, 0.1) is 0 Å². The number of hydrogen-bond donors (Lipinski definition) is 1. The second-order valence-electron chi connectivity index (χ2n) is 3.64. The van der Waals surface area contributed by atoms with Crippen molar-refractivity contribution in [2.45, 2.75) is 26.2 Å². The first kappa shape index (κ1) is 13.4. The number of rotatable bonds is 7. The third-order valence-corrected chi connectivity index (χ3v) is 2.13. The highest BCUT2D eigenvalue weighted by atomic mass is 16.5. The molecule has 0 saturated heterocycles. The molecule has 1 aromatic rings. The predicted molar refractivity (Wildman–Crippen MR) is 64.1 cm³/mol. The Labute approximate surface area is 101 Å². The minimum atomic E-state index is -0.171. The summed E-state index contributed by atoms with van der Waals surface area (Å²) in [5.74, 6) is 0.401. The zero-order valence-corrected chi connectivity index (χ0v) is 10.0. The number of phenols is 1. The van der Waals surface area contributed by atoms with E-state index in [1.165, 1.54) is 0 Å². The second kappa shape index (κ2) is 7.54. The van der Waals surface area contributed by atoms with Crippen molar-refractivity contribution in [2.75, 3.05) is 13.2 Å². The summed E-state index contributed by atoms with van der Waals surface area (Å²) in [4.78, 5) is 11.0. The maximum Gasteiger partial charge on any atom is 0.305 e. The molecule has 1 aromatic carbocycles. The predicted octanol–water partition coefficient (Wildman–Crippen LogP) is 2.50. The third-order valence-electron chi connectivity index (χ3n) is 2.13. The molecule has 0 amide bonds. The van der Waals surface area contributed by atoms with Crippen molar-refractivity contribution in [3.63, 3.8) is 0 Å². The van der Waals surface area contributed by atoms with E-state index in [0.29, 0.717) is 31.8 Å². The van der Waals surface area contributed by atoms with Crippen LogP contribution < -0.4 is 4.74 Å². The van der Waals surface area contributed by atoms with Crippen LogP contribution in [0.5, 0.6) is 11.5 Å². The van der Waals surface area contributed by atoms with Crippen molar-refractivity contribution in [3.8, 4) is 11.5 Å². The Hall–Kier alpha value is -1.71. The van der Waals surface area contributed by atoms with Crippen molar-refractivity contribution < 1.29 is 19.4 Å². The van der Waals surface area contributed by atoms with Gasteiger partial charge in [-0.2, -0.15) is 0 Å². The fourth-order valence-electron chi connectivity index (χ4n) is 1.28. The number of ether oxygens (including phenoxy) is 2. The first-order chi connectivity index (χ1) is 8.24. The molecule has 1 rings (SSSR count). The summed E-state index contributed by atoms with van der Waals surface area (Å²) in [6, 6.07) is 6.78. The third kappa shape index (κ3) is 5.24. The molecule has 0 heterocycles. The number of aromatic hydroxyl groups is 1. The van der Waals surface area contributed by atoms with Crippen LogP contribution in [0.3, 0.4) is 0 Å². The van der Waals surface area contributed by atoms with E-state index >= 15 is 0 Å². The summed E-state index contributed by atoms with van der Waals surface area (Å²) in [6.45, 7) is 2.70. The normalized spacial score (nSPS) is 9.94. The average molecular weight is 238 g/mol. The number of carbonyl (C=O) groups is 1. The molecule has 0 unspecified atom stereocenters. The lowest BCUT2D eigenvalue weighted by Gasteiger charge is -2.08. The molecule has 0 aliphatic heterocycles. The molecule has 0 atom stereocenters. The summed E-state index contributed by atoms with van der Waals surface area (Å²) < 4.78 is 10.3. The van der Waals surface area contributed by atoms with E-state index in [-0.39, 0.29) is 11.7 Å². The highest BCUT2D eigenvalue weighted by Crippen LogP contribution is 2.24. The van der Waals surface area contributed by atoms with Crippen LogP contribution in [0.2, 0.25) is 0 Å². The van der Waals surface area contributed by atoms with Gasteiger partial charge in [-0.05, 0) is 18.6 Å². The molecular formula is C13H18O4. The molecule has 4 nitrogen and oxygen atoms in total. The Kier molecular flexibility index (Phi) is 5.93. The number of para-hydroxylation sites is 2. The molecule has 0 aliphatic rings. The van der Waals surface area contributed by atoms with E-state index in [2.05, 4.69) is 0 Å². The van der Waals surface area contributed by atoms with Crippen LogP contribution in [0.1, 0.15) is 26.2 Å². The highest BCUT2D eigenvalue weighted by molar-refractivity contribution is 5.69. The topological polar surface area (TPSA) is 55.8 Å². The summed E-state index contributed by atoms with van der Waals surface area (Å²) in [6.07, 6.45) is 1.87. The van der Waals surface area contributed by atoms with Crippen molar-refractivity contribution in [1.29, 1.82) is 0 Å². The molecule has 17 heavy (non-hydrogen) atoms. The van der Waals surface area contributed by atoms with Crippen LogP contribution in [0.25, 0.3) is 0 Å². The van der Waals surface area contributed by atoms with E-state index in [4.69, 9.17) is 9.47 Å². The van der Waals surface area contributed by atoms with Gasteiger partial charge in [-0.25, -0.2) is 0 Å². The van der Waals surface area contributed by atoms with Crippen molar-refractivity contribution in [2.24, 2.45) is 0 Å². The van der Waals surface area contributed by atoms with Crippen LogP contribution in [-0.2, 0) is 9.53 Å². The maximum absolute atomic E-state index is 11.0. The first-order valence-electron chi connectivity index (χ1n) is 5.80. The van der Waals surface area contributed by atoms with Crippen molar-refractivity contribution in [3.05, 3.63) is 24.3 Å². The minimum Gasteiger partial charge on any atom is -0.504 e. The monoisotopic (exact) mass is 238 g/mol. The minimum absolute atomic E-state index is 0.121. The second-order valence-corrected chi connectivity index (χ2v) is 3.64. The van der Waals surface area contributed by atoms with Gasteiger partial charge in [0.2, 0.25) is 0 Å². The summed E-state index contributed by atoms with van der Waals surface area (Å²) >= 11 is 0. The largest absolute Gasteiger partial charge is 0.504 e. The van der Waals surface area contributed by atoms with Gasteiger partial charge in [0.1, 0.15) is 0 Å². The number of phenolic OH excluding ortho intramolecular Hbond substituents is 1. The fraction of sp³-hybridized carbons (Fsp3) is 0.462. The molecule has 0 fully saturated rings. The Morgan fingerprint density at radius 3 is 2.76 bits per heavy atom. The highest BCUT2D eigenvalue weighted by Gasteiger charge is 2.02. The van der Waals surface area contributed by atoms with Gasteiger partial charge in [0.05, 0.1) is 13.2 Å². The number of carbonyl (C=O) groups excluding carboxylic acids is 1. The number of hydrogen-bond acceptors (Lipinski definition) is 4. The van der Waals surface area contributed by atoms with Crippen LogP contribution in [-0.4, -0.2) is 24.3 Å². The van der Waals surface area contributed by atoms with Gasteiger partial charge in [0.15, 0.2) is 11.5 Å². The van der Waals surface area contributed by atoms with Crippen LogP contribution >= 0.6 is 0 Å². The Morgan fingerprint density at radius 2 is 2.06 bits per heavy atom. The Bertz CT molecular complexity index is 349. The fourth-order valence-corrected chi connectivity index (χ4v) is 1.28. The van der Waals surface area contributed by atoms with Gasteiger partial charge in [0.25, 0.3) is 0 Å². The van der Waals surface area contributed by atoms with Gasteiger partial charge in [0, 0.05) is 12.8 Å². The molecule has 4 heteroatoms. The quantitative estimate of drug-likeness (QED) is 0.585. The Morgan fingerprint density at radius 1 is 1.29 bits per heavy atom. The van der Waals surface area contributed by atoms with E-state index in [1.807, 2.05) is 6.92 Å². The maximum atomic E-state index is 11.0. The molecule has 0 spiro atoms. The molecule has 0 saturated carbocycles. The number of esters is 1. The van der Waals surface area contributed by atoms with Gasteiger partial charge in [-0.15, -0.1) is 0 Å². The lowest BCUT2D eigenvalue weighted by molar-refractivity contribution is -0.143. The smallest absolute Gasteiger partial charge is 0.305 e. The molecule has 0 bridgehead atoms. The van der Waals surface area contributed by atoms with Gasteiger partial charge in [-0.1, -0.05) is 19.1 Å². The molecule has 0 aromatic heterocycles. The first-order valence-corrected chi connectivity index (χ1v) is 5.80. The molecular weight excluding hydrogens is 220 g/mol. The Balaban J connectivity index is 2.13. The van der Waals surface area contributed by atoms with Crippen molar-refractivity contribution >= 4 is 5.97 Å². The summed E-state index contributed by atoms with van der Waals surface area (Å²) in [5.41, 5.74) is 0. The van der Waals surface area contributed by atoms with Gasteiger partial charge in [-0.3, -0.25) is 4.79 Å². The van der Waals surface area contributed by atoms with Crippen LogP contribution in [0.15, 0.2) is 24.3 Å². The van der Waals surface area contributed by atoms with Crippen molar-refractivity contribution in [1.82, 2.24) is 0 Å². The van der Waals surface area contributed by atoms with E-state index in [9.17, 15) is 9.90 Å². The average Bonchev–Trinajstić information content (AvgIpc) is 2.31. The van der Waals surface area contributed by atoms with E-state index in [0.717, 1.165) is 6.42 Å². The summed E-state index contributed by atoms with van der Waals surface area (Å²) in [5, 5.41) is 9.41. The van der Waals surface area contributed by atoms with Crippen LogP contribution in [0.4, 0.5) is 0 Å². The molecule has 94 valence electrons. The standard InChI is InChI=1S/C13H18O4/c1-2-6-13(15)17-10-5-9-16-12-8-4-3-7-11(12)14/h3-4,7-8,14H,2,5-6,9-10H2,1H3. The lowest BCUT2D eigenvalue weighted by Crippen LogP contribution is -2.08. The zero-order valence-electron chi connectivity index (χ0n) is 10.0. The molecule has 1 N–H and O–H groups in total. The number of benzene rings is 1. The lowest BCUT2D eigenvalue weighted by atomic mass is 10.3. The van der Waals surface area contributed by atoms with Gasteiger partial charge < -0.3 is 14.6 Å². The van der Waals surface area contributed by atoms with Gasteiger partial charge >= 0.3 is 5.97 Å². The zero-order chi connectivity index (χ0) is 12.5.